The molecule has 19 heavy (non-hydrogen) atoms. The standard InChI is InChI=1S/C12H21NO5S/c1-13(8-4-7-12(15)16)11(14)9-19(17,18)10-5-2-3-6-10/h10H,2-9H2,1H3,(H,15,16). The Balaban J connectivity index is 2.42. The molecule has 1 fully saturated rings. The molecule has 0 saturated heterocycles. The van der Waals surface area contributed by atoms with Crippen LogP contribution in [0.5, 0.6) is 0 Å². The van der Waals surface area contributed by atoms with Gasteiger partial charge in [0.1, 0.15) is 5.75 Å². The van der Waals surface area contributed by atoms with Crippen LogP contribution in [0.3, 0.4) is 0 Å². The molecule has 0 aromatic rings. The first-order valence-corrected chi connectivity index (χ1v) is 8.22. The van der Waals surface area contributed by atoms with E-state index in [0.29, 0.717) is 19.3 Å². The number of rotatable bonds is 7. The Morgan fingerprint density at radius 3 is 2.37 bits per heavy atom. The van der Waals surface area contributed by atoms with E-state index in [9.17, 15) is 18.0 Å². The number of sulfone groups is 1. The zero-order chi connectivity index (χ0) is 14.5. The van der Waals surface area contributed by atoms with Gasteiger partial charge in [0.2, 0.25) is 5.91 Å². The maximum Gasteiger partial charge on any atom is 0.303 e. The molecule has 1 N–H and O–H groups in total. The highest BCUT2D eigenvalue weighted by atomic mass is 32.2. The lowest BCUT2D eigenvalue weighted by molar-refractivity contribution is -0.137. The van der Waals surface area contributed by atoms with Crippen LogP contribution in [0.15, 0.2) is 0 Å². The average molecular weight is 291 g/mol. The van der Waals surface area contributed by atoms with E-state index >= 15 is 0 Å². The Labute approximate surface area is 113 Å². The summed E-state index contributed by atoms with van der Waals surface area (Å²) in [7, 11) is -1.84. The third-order valence-corrected chi connectivity index (χ3v) is 5.58. The third-order valence-electron chi connectivity index (χ3n) is 3.44. The van der Waals surface area contributed by atoms with Gasteiger partial charge in [-0.3, -0.25) is 9.59 Å². The Kier molecular flexibility index (Phi) is 5.78. The van der Waals surface area contributed by atoms with E-state index < -0.39 is 27.5 Å². The Bertz CT molecular complexity index is 425. The second-order valence-electron chi connectivity index (χ2n) is 5.03. The number of carbonyl (C=O) groups excluding carboxylic acids is 1. The highest BCUT2D eigenvalue weighted by Crippen LogP contribution is 2.25. The molecule has 0 aromatic carbocycles. The summed E-state index contributed by atoms with van der Waals surface area (Å²) in [6.45, 7) is 0.269. The second kappa shape index (κ2) is 6.88. The van der Waals surface area contributed by atoms with Crippen LogP contribution in [0.1, 0.15) is 38.5 Å². The van der Waals surface area contributed by atoms with Gasteiger partial charge in [-0.2, -0.15) is 0 Å². The lowest BCUT2D eigenvalue weighted by Crippen LogP contribution is -2.36. The van der Waals surface area contributed by atoms with Crippen LogP contribution in [0.25, 0.3) is 0 Å². The van der Waals surface area contributed by atoms with Crippen LogP contribution in [0, 0.1) is 0 Å². The summed E-state index contributed by atoms with van der Waals surface area (Å²) in [5.41, 5.74) is 0. The Hall–Kier alpha value is -1.11. The van der Waals surface area contributed by atoms with Crippen LogP contribution in [0.2, 0.25) is 0 Å². The molecule has 0 heterocycles. The SMILES string of the molecule is CN(CCCC(=O)O)C(=O)CS(=O)(=O)C1CCCC1. The molecule has 1 aliphatic carbocycles. The third kappa shape index (κ3) is 5.18. The van der Waals surface area contributed by atoms with Gasteiger partial charge in [-0.1, -0.05) is 12.8 Å². The van der Waals surface area contributed by atoms with Gasteiger partial charge in [0.15, 0.2) is 9.84 Å². The maximum absolute atomic E-state index is 12.0. The molecule has 0 unspecified atom stereocenters. The van der Waals surface area contributed by atoms with Crippen molar-refractivity contribution in [2.75, 3.05) is 19.3 Å². The highest BCUT2D eigenvalue weighted by molar-refractivity contribution is 7.92. The molecule has 1 rings (SSSR count). The van der Waals surface area contributed by atoms with Gasteiger partial charge in [-0.25, -0.2) is 8.42 Å². The number of aliphatic carboxylic acids is 1. The number of carbonyl (C=O) groups is 2. The molecule has 110 valence electrons. The van der Waals surface area contributed by atoms with Gasteiger partial charge in [-0.05, 0) is 19.3 Å². The number of carboxylic acids is 1. The van der Waals surface area contributed by atoms with Crippen molar-refractivity contribution in [3.8, 4) is 0 Å². The molecule has 0 aliphatic heterocycles. The van der Waals surface area contributed by atoms with Gasteiger partial charge in [0.05, 0.1) is 5.25 Å². The highest BCUT2D eigenvalue weighted by Gasteiger charge is 2.31. The first-order chi connectivity index (χ1) is 8.83. The lowest BCUT2D eigenvalue weighted by atomic mass is 10.3. The topological polar surface area (TPSA) is 91.8 Å². The largest absolute Gasteiger partial charge is 0.481 e. The molecular formula is C12H21NO5S. The van der Waals surface area contributed by atoms with Crippen molar-refractivity contribution < 1.29 is 23.1 Å². The molecule has 1 aliphatic rings. The van der Waals surface area contributed by atoms with Gasteiger partial charge >= 0.3 is 5.97 Å². The first-order valence-electron chi connectivity index (χ1n) is 6.50. The van der Waals surface area contributed by atoms with E-state index in [1.54, 1.807) is 0 Å². The zero-order valence-electron chi connectivity index (χ0n) is 11.2. The summed E-state index contributed by atoms with van der Waals surface area (Å²) in [5, 5.41) is 8.12. The summed E-state index contributed by atoms with van der Waals surface area (Å²) in [6.07, 6.45) is 3.43. The molecule has 6 nitrogen and oxygen atoms in total. The Morgan fingerprint density at radius 2 is 1.84 bits per heavy atom. The minimum absolute atomic E-state index is 0.0208. The second-order valence-corrected chi connectivity index (χ2v) is 7.31. The lowest BCUT2D eigenvalue weighted by Gasteiger charge is -2.18. The van der Waals surface area contributed by atoms with Crippen molar-refractivity contribution in [2.24, 2.45) is 0 Å². The average Bonchev–Trinajstić information content (AvgIpc) is 2.81. The van der Waals surface area contributed by atoms with Crippen molar-refractivity contribution in [3.05, 3.63) is 0 Å². The molecule has 0 radical (unpaired) electrons. The van der Waals surface area contributed by atoms with E-state index in [4.69, 9.17) is 5.11 Å². The fraction of sp³-hybridized carbons (Fsp3) is 0.833. The summed E-state index contributed by atoms with van der Waals surface area (Å²) in [6, 6.07) is 0. The summed E-state index contributed by atoms with van der Waals surface area (Å²) < 4.78 is 24.0. The monoisotopic (exact) mass is 291 g/mol. The molecule has 1 amide bonds. The van der Waals surface area contributed by atoms with Crippen molar-refractivity contribution in [1.29, 1.82) is 0 Å². The van der Waals surface area contributed by atoms with Crippen LogP contribution in [-0.4, -0.2) is 54.9 Å². The fourth-order valence-electron chi connectivity index (χ4n) is 2.24. The van der Waals surface area contributed by atoms with E-state index in [0.717, 1.165) is 12.8 Å². The molecular weight excluding hydrogens is 270 g/mol. The van der Waals surface area contributed by atoms with Crippen LogP contribution >= 0.6 is 0 Å². The molecule has 0 aromatic heterocycles. The van der Waals surface area contributed by atoms with Crippen molar-refractivity contribution in [3.63, 3.8) is 0 Å². The molecule has 0 bridgehead atoms. The molecule has 1 saturated carbocycles. The van der Waals surface area contributed by atoms with E-state index in [1.807, 2.05) is 0 Å². The fourth-order valence-corrected chi connectivity index (χ4v) is 4.09. The van der Waals surface area contributed by atoms with Crippen molar-refractivity contribution in [2.45, 2.75) is 43.8 Å². The zero-order valence-corrected chi connectivity index (χ0v) is 12.0. The molecule has 7 heteroatoms. The minimum atomic E-state index is -3.35. The first kappa shape index (κ1) is 15.9. The van der Waals surface area contributed by atoms with E-state index in [-0.39, 0.29) is 18.2 Å². The van der Waals surface area contributed by atoms with Crippen molar-refractivity contribution in [1.82, 2.24) is 4.90 Å². The maximum atomic E-state index is 12.0. The molecule has 0 atom stereocenters. The molecule has 0 spiro atoms. The van der Waals surface area contributed by atoms with Crippen LogP contribution < -0.4 is 0 Å². The van der Waals surface area contributed by atoms with Gasteiger partial charge in [0.25, 0.3) is 0 Å². The number of hydrogen-bond acceptors (Lipinski definition) is 4. The van der Waals surface area contributed by atoms with E-state index in [2.05, 4.69) is 0 Å². The van der Waals surface area contributed by atoms with E-state index in [1.165, 1.54) is 11.9 Å². The van der Waals surface area contributed by atoms with Crippen LogP contribution in [0.4, 0.5) is 0 Å². The number of carboxylic acid groups (broad SMARTS) is 1. The van der Waals surface area contributed by atoms with Crippen LogP contribution in [-0.2, 0) is 19.4 Å². The predicted octanol–water partition coefficient (Wildman–Crippen LogP) is 0.667. The predicted molar refractivity (Wildman–Crippen MR) is 70.5 cm³/mol. The number of amides is 1. The van der Waals surface area contributed by atoms with Crippen molar-refractivity contribution >= 4 is 21.7 Å². The normalized spacial score (nSPS) is 16.5. The van der Waals surface area contributed by atoms with Gasteiger partial charge in [0, 0.05) is 20.0 Å². The quantitative estimate of drug-likeness (QED) is 0.744. The summed E-state index contributed by atoms with van der Waals surface area (Å²) in [5.74, 6) is -1.82. The smallest absolute Gasteiger partial charge is 0.303 e. The van der Waals surface area contributed by atoms with Gasteiger partial charge in [-0.15, -0.1) is 0 Å². The summed E-state index contributed by atoms with van der Waals surface area (Å²) in [4.78, 5) is 23.4. The summed E-state index contributed by atoms with van der Waals surface area (Å²) >= 11 is 0. The number of nitrogens with zero attached hydrogens (tertiary/aromatic N) is 1. The van der Waals surface area contributed by atoms with Gasteiger partial charge < -0.3 is 10.0 Å². The Morgan fingerprint density at radius 1 is 1.26 bits per heavy atom. The number of hydrogen-bond donors (Lipinski definition) is 1. The minimum Gasteiger partial charge on any atom is -0.481 e.